The Morgan fingerprint density at radius 1 is 1.56 bits per heavy atom. The molecule has 18 heavy (non-hydrogen) atoms. The number of rotatable bonds is 5. The van der Waals surface area contributed by atoms with Crippen molar-refractivity contribution in [3.8, 4) is 5.75 Å². The zero-order valence-electron chi connectivity index (χ0n) is 10.0. The summed E-state index contributed by atoms with van der Waals surface area (Å²) < 4.78 is 4.90. The van der Waals surface area contributed by atoms with E-state index in [2.05, 4.69) is 0 Å². The number of carboxylic acid groups (broad SMARTS) is 1. The summed E-state index contributed by atoms with van der Waals surface area (Å²) in [4.78, 5) is 21.0. The molecule has 0 bridgehead atoms. The van der Waals surface area contributed by atoms with Crippen molar-refractivity contribution in [3.05, 3.63) is 39.4 Å². The first-order chi connectivity index (χ1) is 8.49. The Kier molecular flexibility index (Phi) is 4.42. The summed E-state index contributed by atoms with van der Waals surface area (Å²) in [6, 6.07) is 4.22. The van der Waals surface area contributed by atoms with Gasteiger partial charge in [0, 0.05) is 11.6 Å². The van der Waals surface area contributed by atoms with Crippen LogP contribution in [0.5, 0.6) is 5.75 Å². The van der Waals surface area contributed by atoms with Crippen molar-refractivity contribution in [1.82, 2.24) is 0 Å². The lowest BCUT2D eigenvalue weighted by Gasteiger charge is -2.03. The minimum absolute atomic E-state index is 0.106. The third-order valence-corrected chi connectivity index (χ3v) is 2.40. The second kappa shape index (κ2) is 5.81. The fraction of sp³-hybridized carbons (Fsp3) is 0.250. The second-order valence-corrected chi connectivity index (χ2v) is 3.52. The number of carboxylic acids is 1. The molecule has 0 saturated carbocycles. The van der Waals surface area contributed by atoms with Gasteiger partial charge in [-0.05, 0) is 30.2 Å². The van der Waals surface area contributed by atoms with Crippen LogP contribution in [0.2, 0.25) is 0 Å². The zero-order valence-corrected chi connectivity index (χ0v) is 10.0. The number of carbonyl (C=O) groups is 1. The highest BCUT2D eigenvalue weighted by atomic mass is 16.6. The first-order valence-electron chi connectivity index (χ1n) is 5.25. The second-order valence-electron chi connectivity index (χ2n) is 3.52. The van der Waals surface area contributed by atoms with E-state index in [0.29, 0.717) is 12.0 Å². The molecule has 0 fully saturated rings. The Hall–Kier alpha value is -2.37. The average molecular weight is 251 g/mol. The van der Waals surface area contributed by atoms with E-state index in [-0.39, 0.29) is 17.0 Å². The van der Waals surface area contributed by atoms with Gasteiger partial charge < -0.3 is 9.84 Å². The van der Waals surface area contributed by atoms with E-state index in [1.54, 1.807) is 6.92 Å². The predicted molar refractivity (Wildman–Crippen MR) is 65.6 cm³/mol. The number of nitro groups is 1. The fourth-order valence-electron chi connectivity index (χ4n) is 1.45. The van der Waals surface area contributed by atoms with E-state index >= 15 is 0 Å². The number of ether oxygens (including phenoxy) is 1. The molecule has 0 atom stereocenters. The van der Waals surface area contributed by atoms with Gasteiger partial charge in [0.05, 0.1) is 12.0 Å². The first-order valence-corrected chi connectivity index (χ1v) is 5.25. The van der Waals surface area contributed by atoms with Crippen LogP contribution >= 0.6 is 0 Å². The van der Waals surface area contributed by atoms with Gasteiger partial charge in [-0.1, -0.05) is 6.92 Å². The molecule has 6 heteroatoms. The Morgan fingerprint density at radius 3 is 2.67 bits per heavy atom. The Labute approximate surface area is 104 Å². The molecular formula is C12H13NO5. The summed E-state index contributed by atoms with van der Waals surface area (Å²) in [7, 11) is 1.33. The molecule has 1 N–H and O–H groups in total. The Morgan fingerprint density at radius 2 is 2.22 bits per heavy atom. The van der Waals surface area contributed by atoms with Crippen LogP contribution in [-0.4, -0.2) is 23.1 Å². The number of nitrogens with zero attached hydrogens (tertiary/aromatic N) is 1. The van der Waals surface area contributed by atoms with E-state index in [4.69, 9.17) is 9.84 Å². The van der Waals surface area contributed by atoms with Crippen LogP contribution in [0.3, 0.4) is 0 Å². The molecule has 0 aliphatic carbocycles. The summed E-state index contributed by atoms with van der Waals surface area (Å²) >= 11 is 0. The van der Waals surface area contributed by atoms with Crippen molar-refractivity contribution in [2.45, 2.75) is 13.3 Å². The summed E-state index contributed by atoms with van der Waals surface area (Å²) in [6.07, 6.45) is 1.84. The molecule has 0 unspecified atom stereocenters. The zero-order chi connectivity index (χ0) is 13.7. The van der Waals surface area contributed by atoms with Crippen molar-refractivity contribution >= 4 is 17.7 Å². The number of hydrogen-bond acceptors (Lipinski definition) is 4. The maximum absolute atomic E-state index is 10.9. The van der Waals surface area contributed by atoms with Gasteiger partial charge in [0.15, 0.2) is 5.75 Å². The molecule has 6 nitrogen and oxygen atoms in total. The SMILES string of the molecule is CCC(=Cc1ccc([N+](=O)[O-])c(OC)c1)C(=O)O. The Bertz CT molecular complexity index is 507. The molecule has 1 aromatic carbocycles. The molecule has 0 heterocycles. The van der Waals surface area contributed by atoms with Crippen LogP contribution in [0.4, 0.5) is 5.69 Å². The largest absolute Gasteiger partial charge is 0.490 e. The number of hydrogen-bond donors (Lipinski definition) is 1. The molecule has 1 aromatic rings. The molecule has 0 amide bonds. The fourth-order valence-corrected chi connectivity index (χ4v) is 1.45. The monoisotopic (exact) mass is 251 g/mol. The van der Waals surface area contributed by atoms with Crippen molar-refractivity contribution in [2.24, 2.45) is 0 Å². The highest BCUT2D eigenvalue weighted by Crippen LogP contribution is 2.28. The minimum Gasteiger partial charge on any atom is -0.490 e. The van der Waals surface area contributed by atoms with E-state index in [1.807, 2.05) is 0 Å². The van der Waals surface area contributed by atoms with E-state index < -0.39 is 10.9 Å². The van der Waals surface area contributed by atoms with E-state index in [0.717, 1.165) is 0 Å². The standard InChI is InChI=1S/C12H13NO5/c1-3-9(12(14)15)6-8-4-5-10(13(16)17)11(7-8)18-2/h4-7H,3H2,1-2H3,(H,14,15). The van der Waals surface area contributed by atoms with Crippen LogP contribution in [0.25, 0.3) is 6.08 Å². The van der Waals surface area contributed by atoms with Crippen molar-refractivity contribution in [2.75, 3.05) is 7.11 Å². The molecule has 96 valence electrons. The van der Waals surface area contributed by atoms with Gasteiger partial charge in [0.2, 0.25) is 0 Å². The number of benzene rings is 1. The summed E-state index contributed by atoms with van der Waals surface area (Å²) in [5, 5.41) is 19.6. The normalized spacial score (nSPS) is 11.1. The van der Waals surface area contributed by atoms with Gasteiger partial charge in [-0.3, -0.25) is 10.1 Å². The molecule has 1 rings (SSSR count). The summed E-state index contributed by atoms with van der Waals surface area (Å²) in [5.74, 6) is -0.899. The van der Waals surface area contributed by atoms with Gasteiger partial charge in [-0.25, -0.2) is 4.79 Å². The van der Waals surface area contributed by atoms with Crippen LogP contribution < -0.4 is 4.74 Å². The van der Waals surface area contributed by atoms with Crippen molar-refractivity contribution in [1.29, 1.82) is 0 Å². The maximum atomic E-state index is 10.9. The summed E-state index contributed by atoms with van der Waals surface area (Å²) in [5.41, 5.74) is 0.630. The topological polar surface area (TPSA) is 89.7 Å². The number of aliphatic carboxylic acids is 1. The lowest BCUT2D eigenvalue weighted by molar-refractivity contribution is -0.385. The van der Waals surface area contributed by atoms with E-state index in [9.17, 15) is 14.9 Å². The smallest absolute Gasteiger partial charge is 0.331 e. The Balaban J connectivity index is 3.21. The maximum Gasteiger partial charge on any atom is 0.331 e. The predicted octanol–water partition coefficient (Wildman–Crippen LogP) is 2.48. The van der Waals surface area contributed by atoms with Gasteiger partial charge in [-0.15, -0.1) is 0 Å². The summed E-state index contributed by atoms with van der Waals surface area (Å²) in [6.45, 7) is 1.72. The molecular weight excluding hydrogens is 238 g/mol. The lowest BCUT2D eigenvalue weighted by Crippen LogP contribution is -1.99. The minimum atomic E-state index is -1.00. The lowest BCUT2D eigenvalue weighted by atomic mass is 10.1. The molecule has 0 aliphatic rings. The third-order valence-electron chi connectivity index (χ3n) is 2.40. The van der Waals surface area contributed by atoms with Crippen LogP contribution in [-0.2, 0) is 4.79 Å². The van der Waals surface area contributed by atoms with Gasteiger partial charge in [-0.2, -0.15) is 0 Å². The molecule has 0 aliphatic heterocycles. The van der Waals surface area contributed by atoms with Gasteiger partial charge in [0.25, 0.3) is 0 Å². The van der Waals surface area contributed by atoms with Crippen molar-refractivity contribution < 1.29 is 19.6 Å². The highest BCUT2D eigenvalue weighted by molar-refractivity contribution is 5.92. The van der Waals surface area contributed by atoms with Crippen LogP contribution in [0, 0.1) is 10.1 Å². The van der Waals surface area contributed by atoms with Gasteiger partial charge in [0.1, 0.15) is 0 Å². The quantitative estimate of drug-likeness (QED) is 0.493. The first kappa shape index (κ1) is 13.7. The van der Waals surface area contributed by atoms with Crippen LogP contribution in [0.15, 0.2) is 23.8 Å². The van der Waals surface area contributed by atoms with E-state index in [1.165, 1.54) is 31.4 Å². The molecule has 0 saturated heterocycles. The third kappa shape index (κ3) is 3.07. The average Bonchev–Trinajstić information content (AvgIpc) is 2.34. The molecule has 0 aromatic heterocycles. The molecule has 0 spiro atoms. The van der Waals surface area contributed by atoms with Crippen molar-refractivity contribution in [3.63, 3.8) is 0 Å². The number of nitro benzene ring substituents is 1. The number of methoxy groups -OCH3 is 1. The molecule has 0 radical (unpaired) electrons. The van der Waals surface area contributed by atoms with Crippen LogP contribution in [0.1, 0.15) is 18.9 Å². The van der Waals surface area contributed by atoms with Gasteiger partial charge >= 0.3 is 11.7 Å². The highest BCUT2D eigenvalue weighted by Gasteiger charge is 2.14.